The molecular formula is C20H27BO4. The summed E-state index contributed by atoms with van der Waals surface area (Å²) in [5.41, 5.74) is 2.46. The molecule has 1 fully saturated rings. The Hall–Kier alpha value is -1.59. The van der Waals surface area contributed by atoms with Gasteiger partial charge < -0.3 is 14.0 Å². The lowest BCUT2D eigenvalue weighted by molar-refractivity contribution is 0.00578. The molecule has 2 heterocycles. The highest BCUT2D eigenvalue weighted by Crippen LogP contribution is 2.37. The number of fused-ring (bicyclic) bond motifs is 1. The molecule has 2 aliphatic rings. The van der Waals surface area contributed by atoms with E-state index in [1.165, 1.54) is 0 Å². The molecule has 0 saturated carbocycles. The minimum absolute atomic E-state index is 0.110. The van der Waals surface area contributed by atoms with Crippen molar-refractivity contribution in [3.05, 3.63) is 41.5 Å². The number of carbonyl (C=O) groups excluding carboxylic acids is 1. The van der Waals surface area contributed by atoms with Gasteiger partial charge in [-0.15, -0.1) is 6.58 Å². The molecule has 0 spiro atoms. The van der Waals surface area contributed by atoms with Crippen molar-refractivity contribution >= 4 is 18.6 Å². The number of cyclic esters (lactones) is 1. The zero-order valence-corrected chi connectivity index (χ0v) is 16.0. The first-order chi connectivity index (χ1) is 11.6. The van der Waals surface area contributed by atoms with E-state index in [1.807, 2.05) is 59.8 Å². The predicted molar refractivity (Wildman–Crippen MR) is 99.2 cm³/mol. The van der Waals surface area contributed by atoms with E-state index in [9.17, 15) is 4.79 Å². The van der Waals surface area contributed by atoms with Crippen LogP contribution in [0.3, 0.4) is 0 Å². The highest BCUT2D eigenvalue weighted by molar-refractivity contribution is 6.64. The van der Waals surface area contributed by atoms with E-state index in [0.717, 1.165) is 16.6 Å². The average molecular weight is 342 g/mol. The molecule has 0 amide bonds. The second-order valence-corrected chi connectivity index (χ2v) is 8.16. The first-order valence-corrected chi connectivity index (χ1v) is 8.89. The third kappa shape index (κ3) is 2.94. The van der Waals surface area contributed by atoms with Gasteiger partial charge in [-0.2, -0.15) is 0 Å². The summed E-state index contributed by atoms with van der Waals surface area (Å²) >= 11 is 0. The Morgan fingerprint density at radius 1 is 1.24 bits per heavy atom. The number of carbonyl (C=O) groups is 1. The number of aryl methyl sites for hydroxylation is 1. The fourth-order valence-electron chi connectivity index (χ4n) is 3.34. The van der Waals surface area contributed by atoms with Gasteiger partial charge in [0, 0.05) is 17.8 Å². The standard InChI is InChI=1S/C20H27BO4/c1-8-12(2)15-11-14-10-9-13(3)17(16(14)18(22)23-15)21-24-19(4,5)20(6,7)25-21/h8-10,12,15H,1,11H2,2-7H3/t12-,15+/m0/s1. The Morgan fingerprint density at radius 2 is 1.84 bits per heavy atom. The van der Waals surface area contributed by atoms with E-state index in [0.29, 0.717) is 12.0 Å². The lowest BCUT2D eigenvalue weighted by atomic mass is 9.70. The maximum atomic E-state index is 12.8. The quantitative estimate of drug-likeness (QED) is 0.481. The van der Waals surface area contributed by atoms with Crippen molar-refractivity contribution in [2.75, 3.05) is 0 Å². The molecule has 3 rings (SSSR count). The van der Waals surface area contributed by atoms with E-state index >= 15 is 0 Å². The lowest BCUT2D eigenvalue weighted by Crippen LogP contribution is -2.44. The van der Waals surface area contributed by atoms with Gasteiger partial charge in [0.1, 0.15) is 6.10 Å². The van der Waals surface area contributed by atoms with Gasteiger partial charge in [0.15, 0.2) is 0 Å². The fourth-order valence-corrected chi connectivity index (χ4v) is 3.34. The number of ether oxygens (including phenoxy) is 1. The van der Waals surface area contributed by atoms with Gasteiger partial charge in [-0.05, 0) is 40.2 Å². The molecular weight excluding hydrogens is 315 g/mol. The third-order valence-corrected chi connectivity index (χ3v) is 5.88. The molecule has 2 aliphatic heterocycles. The van der Waals surface area contributed by atoms with Crippen LogP contribution in [0.1, 0.15) is 56.1 Å². The summed E-state index contributed by atoms with van der Waals surface area (Å²) in [5, 5.41) is 0. The molecule has 0 aromatic heterocycles. The van der Waals surface area contributed by atoms with Gasteiger partial charge in [0.05, 0.1) is 16.8 Å². The van der Waals surface area contributed by atoms with Crippen LogP contribution in [0, 0.1) is 12.8 Å². The second-order valence-electron chi connectivity index (χ2n) is 8.16. The Kier molecular flexibility index (Phi) is 4.37. The largest absolute Gasteiger partial charge is 0.496 e. The lowest BCUT2D eigenvalue weighted by Gasteiger charge is -2.32. The summed E-state index contributed by atoms with van der Waals surface area (Å²) in [6, 6.07) is 4.05. The SMILES string of the molecule is C=C[C@H](C)[C@H]1Cc2ccc(C)c(B3OC(C)(C)C(C)(C)O3)c2C(=O)O1. The molecule has 0 radical (unpaired) electrons. The van der Waals surface area contributed by atoms with Crippen LogP contribution >= 0.6 is 0 Å². The summed E-state index contributed by atoms with van der Waals surface area (Å²) in [4.78, 5) is 12.8. The van der Waals surface area contributed by atoms with Gasteiger partial charge in [0.25, 0.3) is 0 Å². The summed E-state index contributed by atoms with van der Waals surface area (Å²) in [7, 11) is -0.569. The van der Waals surface area contributed by atoms with Crippen LogP contribution in [-0.2, 0) is 20.5 Å². The van der Waals surface area contributed by atoms with E-state index in [2.05, 4.69) is 6.58 Å². The normalized spacial score (nSPS) is 25.3. The Bertz CT molecular complexity index is 707. The second kappa shape index (κ2) is 5.99. The first kappa shape index (κ1) is 18.2. The van der Waals surface area contributed by atoms with Gasteiger partial charge in [-0.3, -0.25) is 0 Å². The van der Waals surface area contributed by atoms with Crippen molar-refractivity contribution in [3.8, 4) is 0 Å². The van der Waals surface area contributed by atoms with Crippen molar-refractivity contribution in [1.82, 2.24) is 0 Å². The molecule has 25 heavy (non-hydrogen) atoms. The number of hydrogen-bond donors (Lipinski definition) is 0. The van der Waals surface area contributed by atoms with Gasteiger partial charge >= 0.3 is 13.1 Å². The van der Waals surface area contributed by atoms with Crippen LogP contribution in [0.25, 0.3) is 0 Å². The van der Waals surface area contributed by atoms with Crippen LogP contribution in [0.2, 0.25) is 0 Å². The molecule has 0 unspecified atom stereocenters. The molecule has 0 bridgehead atoms. The van der Waals surface area contributed by atoms with Gasteiger partial charge in [0.2, 0.25) is 0 Å². The van der Waals surface area contributed by atoms with E-state index < -0.39 is 18.3 Å². The van der Waals surface area contributed by atoms with E-state index in [1.54, 1.807) is 0 Å². The van der Waals surface area contributed by atoms with Crippen molar-refractivity contribution in [3.63, 3.8) is 0 Å². The zero-order valence-electron chi connectivity index (χ0n) is 16.0. The molecule has 5 heteroatoms. The minimum Gasteiger partial charge on any atom is -0.458 e. The number of rotatable bonds is 3. The summed E-state index contributed by atoms with van der Waals surface area (Å²) < 4.78 is 18.1. The minimum atomic E-state index is -0.569. The average Bonchev–Trinajstić information content (AvgIpc) is 2.74. The summed E-state index contributed by atoms with van der Waals surface area (Å²) in [6.07, 6.45) is 2.33. The number of benzene rings is 1. The van der Waals surface area contributed by atoms with Gasteiger partial charge in [-0.1, -0.05) is 30.7 Å². The van der Waals surface area contributed by atoms with Crippen LogP contribution in [-0.4, -0.2) is 30.4 Å². The Morgan fingerprint density at radius 3 is 2.40 bits per heavy atom. The monoisotopic (exact) mass is 342 g/mol. The molecule has 1 aromatic carbocycles. The Labute approximate surface area is 150 Å². The molecule has 2 atom stereocenters. The summed E-state index contributed by atoms with van der Waals surface area (Å²) in [5.74, 6) is -0.188. The number of esters is 1. The summed E-state index contributed by atoms with van der Waals surface area (Å²) in [6.45, 7) is 15.9. The van der Waals surface area contributed by atoms with Crippen molar-refractivity contribution < 1.29 is 18.8 Å². The van der Waals surface area contributed by atoms with Crippen LogP contribution in [0.4, 0.5) is 0 Å². The molecule has 0 N–H and O–H groups in total. The topological polar surface area (TPSA) is 44.8 Å². The van der Waals surface area contributed by atoms with E-state index in [4.69, 9.17) is 14.0 Å². The van der Waals surface area contributed by atoms with Crippen molar-refractivity contribution in [2.45, 2.75) is 65.3 Å². The van der Waals surface area contributed by atoms with Crippen molar-refractivity contribution in [1.29, 1.82) is 0 Å². The smallest absolute Gasteiger partial charge is 0.458 e. The van der Waals surface area contributed by atoms with Crippen LogP contribution < -0.4 is 5.46 Å². The first-order valence-electron chi connectivity index (χ1n) is 8.89. The van der Waals surface area contributed by atoms with Crippen molar-refractivity contribution in [2.24, 2.45) is 5.92 Å². The molecule has 4 nitrogen and oxygen atoms in total. The fraction of sp³-hybridized carbons (Fsp3) is 0.550. The van der Waals surface area contributed by atoms with E-state index in [-0.39, 0.29) is 18.0 Å². The maximum Gasteiger partial charge on any atom is 0.496 e. The van der Waals surface area contributed by atoms with Crippen LogP contribution in [0.15, 0.2) is 24.8 Å². The highest BCUT2D eigenvalue weighted by atomic mass is 16.7. The molecule has 1 saturated heterocycles. The molecule has 1 aromatic rings. The third-order valence-electron chi connectivity index (χ3n) is 5.88. The molecule has 0 aliphatic carbocycles. The van der Waals surface area contributed by atoms with Gasteiger partial charge in [-0.25, -0.2) is 4.79 Å². The molecule has 134 valence electrons. The number of hydrogen-bond acceptors (Lipinski definition) is 4. The maximum absolute atomic E-state index is 12.8. The van der Waals surface area contributed by atoms with Crippen LogP contribution in [0.5, 0.6) is 0 Å². The zero-order chi connectivity index (χ0) is 18.6. The predicted octanol–water partition coefficient (Wildman–Crippen LogP) is 3.20. The highest BCUT2D eigenvalue weighted by Gasteiger charge is 2.53. The Balaban J connectivity index is 2.04.